The molecule has 2 bridgehead atoms. The van der Waals surface area contributed by atoms with Gasteiger partial charge in [0.1, 0.15) is 32.7 Å². The Hall–Kier alpha value is -1.12. The molecule has 3 atom stereocenters. The molecule has 2 fully saturated rings. The molecule has 21 heavy (non-hydrogen) atoms. The third-order valence-electron chi connectivity index (χ3n) is 5.93. The monoisotopic (exact) mass is 284 g/mol. The van der Waals surface area contributed by atoms with E-state index >= 15 is 0 Å². The Morgan fingerprint density at radius 1 is 0.857 bits per heavy atom. The van der Waals surface area contributed by atoms with E-state index in [0.29, 0.717) is 0 Å². The molecule has 0 spiro atoms. The lowest BCUT2D eigenvalue weighted by Gasteiger charge is -2.32. The van der Waals surface area contributed by atoms with Gasteiger partial charge < -0.3 is 9.80 Å². The first-order valence-electron chi connectivity index (χ1n) is 8.76. The van der Waals surface area contributed by atoms with Crippen LogP contribution >= 0.6 is 0 Å². The molecular weight excluding hydrogens is 256 g/mol. The highest BCUT2D eigenvalue weighted by molar-refractivity contribution is 5.13. The zero-order valence-electron chi connectivity index (χ0n) is 12.9. The van der Waals surface area contributed by atoms with E-state index in [-0.39, 0.29) is 0 Å². The molecule has 1 heterocycles. The maximum atomic E-state index is 2.51. The second-order valence-electron chi connectivity index (χ2n) is 7.41. The van der Waals surface area contributed by atoms with Crippen LogP contribution in [0.1, 0.15) is 18.4 Å². The van der Waals surface area contributed by atoms with Gasteiger partial charge in [0, 0.05) is 11.5 Å². The molecule has 2 N–H and O–H groups in total. The first-order valence-corrected chi connectivity index (χ1v) is 8.76. The van der Waals surface area contributed by atoms with Crippen molar-refractivity contribution in [3.8, 4) is 0 Å². The van der Waals surface area contributed by atoms with E-state index in [1.54, 1.807) is 4.90 Å². The van der Waals surface area contributed by atoms with Crippen LogP contribution in [0, 0.1) is 17.8 Å². The van der Waals surface area contributed by atoms with Crippen LogP contribution in [0.4, 0.5) is 0 Å². The smallest absolute Gasteiger partial charge is 0.127 e. The van der Waals surface area contributed by atoms with E-state index in [4.69, 9.17) is 0 Å². The van der Waals surface area contributed by atoms with Crippen LogP contribution in [0.3, 0.4) is 0 Å². The minimum Gasteiger partial charge on any atom is -0.325 e. The van der Waals surface area contributed by atoms with E-state index in [1.165, 1.54) is 57.7 Å². The maximum Gasteiger partial charge on any atom is 0.127 e. The zero-order chi connectivity index (χ0) is 14.1. The number of fused-ring (bicyclic) bond motifs is 2. The Morgan fingerprint density at radius 3 is 2.29 bits per heavy atom. The molecule has 0 amide bonds. The minimum absolute atomic E-state index is 0.928. The third-order valence-corrected chi connectivity index (χ3v) is 5.93. The van der Waals surface area contributed by atoms with Crippen LogP contribution in [-0.2, 0) is 6.54 Å². The summed E-state index contributed by atoms with van der Waals surface area (Å²) in [6, 6.07) is 11.0. The molecule has 1 aliphatic heterocycles. The summed E-state index contributed by atoms with van der Waals surface area (Å²) in [6.07, 6.45) is 7.92. The number of benzene rings is 1. The lowest BCUT2D eigenvalue weighted by atomic mass is 9.93. The van der Waals surface area contributed by atoms with Gasteiger partial charge in [0.05, 0.1) is 6.54 Å². The number of piperazine rings is 1. The van der Waals surface area contributed by atoms with Crippen LogP contribution in [0.5, 0.6) is 0 Å². The van der Waals surface area contributed by atoms with E-state index < -0.39 is 0 Å². The van der Waals surface area contributed by atoms with Crippen molar-refractivity contribution < 1.29 is 9.80 Å². The average Bonchev–Trinajstić information content (AvgIpc) is 3.13. The van der Waals surface area contributed by atoms with Crippen molar-refractivity contribution in [2.45, 2.75) is 19.4 Å². The Bertz CT molecular complexity index is 488. The molecule has 0 unspecified atom stereocenters. The molecule has 4 rings (SSSR count). The number of rotatable bonds is 4. The fourth-order valence-electron chi connectivity index (χ4n) is 4.72. The second kappa shape index (κ2) is 5.94. The minimum atomic E-state index is 0.928. The first-order chi connectivity index (χ1) is 10.4. The molecule has 1 saturated carbocycles. The molecule has 0 radical (unpaired) electrons. The van der Waals surface area contributed by atoms with Crippen LogP contribution in [0.25, 0.3) is 0 Å². The predicted molar refractivity (Wildman–Crippen MR) is 85.3 cm³/mol. The van der Waals surface area contributed by atoms with Gasteiger partial charge in [-0.05, 0) is 24.7 Å². The van der Waals surface area contributed by atoms with Gasteiger partial charge in [-0.3, -0.25) is 0 Å². The first kappa shape index (κ1) is 13.5. The number of hydrogen-bond acceptors (Lipinski definition) is 0. The van der Waals surface area contributed by atoms with Crippen molar-refractivity contribution >= 4 is 0 Å². The third kappa shape index (κ3) is 3.07. The van der Waals surface area contributed by atoms with Gasteiger partial charge in [0.2, 0.25) is 0 Å². The van der Waals surface area contributed by atoms with Crippen molar-refractivity contribution in [3.63, 3.8) is 0 Å². The van der Waals surface area contributed by atoms with E-state index in [2.05, 4.69) is 42.5 Å². The molecular formula is C19H28N2+2. The highest BCUT2D eigenvalue weighted by Gasteiger charge is 2.38. The fourth-order valence-corrected chi connectivity index (χ4v) is 4.72. The zero-order valence-corrected chi connectivity index (χ0v) is 12.9. The highest BCUT2D eigenvalue weighted by atomic mass is 15.3. The van der Waals surface area contributed by atoms with Gasteiger partial charge in [-0.25, -0.2) is 0 Å². The standard InChI is InChI=1S/C19H26N2/c1-2-4-16(5-3-1)14-20-8-10-21(11-9-20)15-19-13-17-6-7-18(19)12-17/h1-7,17-19H,8-15H2/p+2/t17-,18+,19+/m1/s1. The second-order valence-corrected chi connectivity index (χ2v) is 7.41. The summed E-state index contributed by atoms with van der Waals surface area (Å²) in [7, 11) is 0. The summed E-state index contributed by atoms with van der Waals surface area (Å²) in [5, 5.41) is 0. The van der Waals surface area contributed by atoms with Crippen LogP contribution in [0.2, 0.25) is 0 Å². The van der Waals surface area contributed by atoms with Gasteiger partial charge >= 0.3 is 0 Å². The Balaban J connectivity index is 1.24. The summed E-state index contributed by atoms with van der Waals surface area (Å²) in [5.41, 5.74) is 1.49. The van der Waals surface area contributed by atoms with Gasteiger partial charge in [-0.15, -0.1) is 0 Å². The molecule has 1 aromatic rings. The largest absolute Gasteiger partial charge is 0.325 e. The van der Waals surface area contributed by atoms with Crippen LogP contribution in [0.15, 0.2) is 42.5 Å². The Kier molecular flexibility index (Phi) is 3.83. The molecule has 1 aromatic carbocycles. The van der Waals surface area contributed by atoms with Gasteiger partial charge in [-0.1, -0.05) is 42.5 Å². The van der Waals surface area contributed by atoms with E-state index in [0.717, 1.165) is 17.8 Å². The molecule has 2 heteroatoms. The Labute approximate surface area is 128 Å². The van der Waals surface area contributed by atoms with E-state index in [9.17, 15) is 0 Å². The van der Waals surface area contributed by atoms with Crippen molar-refractivity contribution in [1.29, 1.82) is 0 Å². The van der Waals surface area contributed by atoms with Gasteiger partial charge in [0.15, 0.2) is 0 Å². The maximum absolute atomic E-state index is 2.51. The SMILES string of the molecule is C1=C[C@H]2C[C@@H]1C[C@H]2C[NH+]1CC[NH+](Cc2ccccc2)CC1. The summed E-state index contributed by atoms with van der Waals surface area (Å²) >= 11 is 0. The summed E-state index contributed by atoms with van der Waals surface area (Å²) in [6.45, 7) is 8.09. The molecule has 0 aromatic heterocycles. The van der Waals surface area contributed by atoms with Crippen molar-refractivity contribution in [1.82, 2.24) is 0 Å². The van der Waals surface area contributed by atoms with Crippen molar-refractivity contribution in [2.24, 2.45) is 17.8 Å². The lowest BCUT2D eigenvalue weighted by molar-refractivity contribution is -1.02. The van der Waals surface area contributed by atoms with Crippen LogP contribution < -0.4 is 9.80 Å². The Morgan fingerprint density at radius 2 is 1.62 bits per heavy atom. The number of nitrogens with one attached hydrogen (secondary N) is 2. The lowest BCUT2D eigenvalue weighted by Crippen LogP contribution is -3.27. The summed E-state index contributed by atoms with van der Waals surface area (Å²) in [5.74, 6) is 2.85. The quantitative estimate of drug-likeness (QED) is 0.730. The molecule has 3 aliphatic rings. The molecule has 2 nitrogen and oxygen atoms in total. The number of quaternary nitrogens is 2. The predicted octanol–water partition coefficient (Wildman–Crippen LogP) is 0.182. The molecule has 2 aliphatic carbocycles. The van der Waals surface area contributed by atoms with Crippen molar-refractivity contribution in [2.75, 3.05) is 32.7 Å². The average molecular weight is 284 g/mol. The van der Waals surface area contributed by atoms with Gasteiger partial charge in [0.25, 0.3) is 0 Å². The van der Waals surface area contributed by atoms with Crippen molar-refractivity contribution in [3.05, 3.63) is 48.0 Å². The van der Waals surface area contributed by atoms with E-state index in [1.807, 2.05) is 4.90 Å². The van der Waals surface area contributed by atoms with Gasteiger partial charge in [-0.2, -0.15) is 0 Å². The number of hydrogen-bond donors (Lipinski definition) is 2. The molecule has 112 valence electrons. The van der Waals surface area contributed by atoms with Crippen LogP contribution in [-0.4, -0.2) is 32.7 Å². The molecule has 1 saturated heterocycles. The summed E-state index contributed by atoms with van der Waals surface area (Å²) < 4.78 is 0. The highest BCUT2D eigenvalue weighted by Crippen LogP contribution is 2.42. The topological polar surface area (TPSA) is 8.88 Å². The fraction of sp³-hybridized carbons (Fsp3) is 0.579. The normalized spacial score (nSPS) is 38.0. The number of allylic oxidation sites excluding steroid dienone is 2. The summed E-state index contributed by atoms with van der Waals surface area (Å²) in [4.78, 5) is 3.65.